The fraction of sp³-hybridized carbons (Fsp3) is 0.517. The molecular formula is C29H42N2O4S. The Hall–Kier alpha value is -2.80. The molecule has 0 aromatic heterocycles. The third-order valence-corrected chi connectivity index (χ3v) is 6.26. The highest BCUT2D eigenvalue weighted by Gasteiger charge is 2.24. The zero-order valence-corrected chi connectivity index (χ0v) is 23.6. The van der Waals surface area contributed by atoms with Crippen molar-refractivity contribution < 1.29 is 19.4 Å². The average molecular weight is 515 g/mol. The number of ether oxygens (including phenoxy) is 2. The standard InChI is InChI=1S/C29H42N2O4S/c1-28(2,3)23-13-10-20(11-14-23)8-9-22(19-35-26(33)29(4,5)6)18-31-27(36)30-17-21-12-15-24(32)25(16-21)34-7/h10-16,22,32H,8-9,17-19H2,1-7H3,(H2,30,31,36). The highest BCUT2D eigenvalue weighted by Crippen LogP contribution is 2.26. The van der Waals surface area contributed by atoms with Gasteiger partial charge in [0.2, 0.25) is 0 Å². The topological polar surface area (TPSA) is 79.8 Å². The zero-order chi connectivity index (χ0) is 26.9. The molecule has 0 amide bonds. The Morgan fingerprint density at radius 2 is 1.64 bits per heavy atom. The van der Waals surface area contributed by atoms with E-state index in [0.717, 1.165) is 18.4 Å². The maximum Gasteiger partial charge on any atom is 0.311 e. The third-order valence-electron chi connectivity index (χ3n) is 5.97. The van der Waals surface area contributed by atoms with Crippen LogP contribution in [0.2, 0.25) is 0 Å². The Morgan fingerprint density at radius 1 is 1.00 bits per heavy atom. The largest absolute Gasteiger partial charge is 0.504 e. The molecule has 2 rings (SSSR count). The van der Waals surface area contributed by atoms with E-state index in [-0.39, 0.29) is 23.1 Å². The predicted molar refractivity (Wildman–Crippen MR) is 149 cm³/mol. The highest BCUT2D eigenvalue weighted by molar-refractivity contribution is 7.80. The molecule has 3 N–H and O–H groups in total. The van der Waals surface area contributed by atoms with Crippen molar-refractivity contribution in [3.8, 4) is 11.5 Å². The number of aryl methyl sites for hydroxylation is 1. The van der Waals surface area contributed by atoms with E-state index in [1.165, 1.54) is 18.2 Å². The summed E-state index contributed by atoms with van der Waals surface area (Å²) in [4.78, 5) is 12.3. The van der Waals surface area contributed by atoms with E-state index in [9.17, 15) is 9.90 Å². The van der Waals surface area contributed by atoms with E-state index >= 15 is 0 Å². The van der Waals surface area contributed by atoms with Crippen LogP contribution in [0.25, 0.3) is 0 Å². The molecule has 6 nitrogen and oxygen atoms in total. The molecule has 2 aromatic rings. The second kappa shape index (κ2) is 12.9. The third kappa shape index (κ3) is 9.69. The number of phenols is 1. The summed E-state index contributed by atoms with van der Waals surface area (Å²) >= 11 is 5.47. The number of carbonyl (C=O) groups excluding carboxylic acids is 1. The second-order valence-electron chi connectivity index (χ2n) is 11.3. The minimum atomic E-state index is -0.539. The number of phenolic OH excluding ortho intramolecular Hbond substituents is 1. The monoisotopic (exact) mass is 514 g/mol. The predicted octanol–water partition coefficient (Wildman–Crippen LogP) is 5.50. The average Bonchev–Trinajstić information content (AvgIpc) is 2.81. The first kappa shape index (κ1) is 29.4. The second-order valence-corrected chi connectivity index (χ2v) is 11.7. The van der Waals surface area contributed by atoms with E-state index in [0.29, 0.717) is 30.6 Å². The van der Waals surface area contributed by atoms with Crippen molar-refractivity contribution >= 4 is 23.3 Å². The van der Waals surface area contributed by atoms with Gasteiger partial charge in [0, 0.05) is 19.0 Å². The van der Waals surface area contributed by atoms with E-state index in [2.05, 4.69) is 55.7 Å². The van der Waals surface area contributed by atoms with Gasteiger partial charge in [0.05, 0.1) is 19.1 Å². The van der Waals surface area contributed by atoms with Crippen molar-refractivity contribution in [3.05, 3.63) is 59.2 Å². The number of aromatic hydroxyl groups is 1. The van der Waals surface area contributed by atoms with Gasteiger partial charge >= 0.3 is 5.97 Å². The molecule has 0 saturated carbocycles. The number of benzene rings is 2. The molecule has 36 heavy (non-hydrogen) atoms. The van der Waals surface area contributed by atoms with Gasteiger partial charge in [-0.05, 0) is 80.1 Å². The van der Waals surface area contributed by atoms with E-state index in [4.69, 9.17) is 21.7 Å². The molecule has 0 saturated heterocycles. The lowest BCUT2D eigenvalue weighted by Crippen LogP contribution is -2.39. The lowest BCUT2D eigenvalue weighted by Gasteiger charge is -2.23. The van der Waals surface area contributed by atoms with Crippen LogP contribution in [0, 0.1) is 11.3 Å². The summed E-state index contributed by atoms with van der Waals surface area (Å²) in [6, 6.07) is 13.9. The number of nitrogens with one attached hydrogen (secondary N) is 2. The van der Waals surface area contributed by atoms with E-state index < -0.39 is 5.41 Å². The van der Waals surface area contributed by atoms with Crippen LogP contribution in [0.4, 0.5) is 0 Å². The number of methoxy groups -OCH3 is 1. The molecule has 0 aliphatic heterocycles. The van der Waals surface area contributed by atoms with Gasteiger partial charge in [-0.25, -0.2) is 0 Å². The summed E-state index contributed by atoms with van der Waals surface area (Å²) < 4.78 is 10.8. The van der Waals surface area contributed by atoms with Crippen LogP contribution >= 0.6 is 12.2 Å². The maximum atomic E-state index is 12.3. The van der Waals surface area contributed by atoms with Gasteiger partial charge < -0.3 is 25.2 Å². The first-order valence-electron chi connectivity index (χ1n) is 12.4. The van der Waals surface area contributed by atoms with Crippen LogP contribution in [-0.2, 0) is 27.9 Å². The van der Waals surface area contributed by atoms with Gasteiger partial charge in [-0.3, -0.25) is 4.79 Å². The molecular weight excluding hydrogens is 472 g/mol. The lowest BCUT2D eigenvalue weighted by atomic mass is 9.86. The van der Waals surface area contributed by atoms with E-state index in [1.807, 2.05) is 26.8 Å². The molecule has 2 aromatic carbocycles. The molecule has 0 radical (unpaired) electrons. The summed E-state index contributed by atoms with van der Waals surface area (Å²) in [6.45, 7) is 13.6. The molecule has 198 valence electrons. The normalized spacial score (nSPS) is 12.5. The molecule has 0 heterocycles. The molecule has 7 heteroatoms. The first-order chi connectivity index (χ1) is 16.8. The zero-order valence-electron chi connectivity index (χ0n) is 22.7. The quantitative estimate of drug-likeness (QED) is 0.285. The van der Waals surface area contributed by atoms with E-state index in [1.54, 1.807) is 12.1 Å². The Balaban J connectivity index is 1.94. The summed E-state index contributed by atoms with van der Waals surface area (Å²) in [5.41, 5.74) is 3.09. The van der Waals surface area contributed by atoms with Crippen LogP contribution in [0.3, 0.4) is 0 Å². The molecule has 1 unspecified atom stereocenters. The lowest BCUT2D eigenvalue weighted by molar-refractivity contribution is -0.154. The molecule has 1 atom stereocenters. The van der Waals surface area contributed by atoms with Gasteiger partial charge in [-0.1, -0.05) is 51.1 Å². The van der Waals surface area contributed by atoms with Crippen LogP contribution in [-0.4, -0.2) is 36.4 Å². The van der Waals surface area contributed by atoms with Gasteiger partial charge in [-0.15, -0.1) is 0 Å². The summed E-state index contributed by atoms with van der Waals surface area (Å²) in [5.74, 6) is 0.420. The number of rotatable bonds is 10. The molecule has 0 fully saturated rings. The van der Waals surface area contributed by atoms with Crippen LogP contribution in [0.15, 0.2) is 42.5 Å². The van der Waals surface area contributed by atoms with Crippen molar-refractivity contribution in [3.63, 3.8) is 0 Å². The Bertz CT molecular complexity index is 1010. The smallest absolute Gasteiger partial charge is 0.311 e. The number of hydrogen-bond donors (Lipinski definition) is 3. The number of thiocarbonyl (C=S) groups is 1. The molecule has 0 spiro atoms. The van der Waals surface area contributed by atoms with Crippen LogP contribution < -0.4 is 15.4 Å². The SMILES string of the molecule is COc1cc(CNC(=S)NCC(CCc2ccc(C(C)(C)C)cc2)COC(=O)C(C)(C)C)ccc1O. The fourth-order valence-corrected chi connectivity index (χ4v) is 3.67. The molecule has 0 aliphatic carbocycles. The number of carbonyl (C=O) groups is 1. The Morgan fingerprint density at radius 3 is 2.22 bits per heavy atom. The minimum Gasteiger partial charge on any atom is -0.504 e. The summed E-state index contributed by atoms with van der Waals surface area (Å²) in [7, 11) is 1.52. The van der Waals surface area contributed by atoms with Crippen molar-refractivity contribution in [1.82, 2.24) is 10.6 Å². The fourth-order valence-electron chi connectivity index (χ4n) is 3.51. The molecule has 0 aliphatic rings. The minimum absolute atomic E-state index is 0.0997. The van der Waals surface area contributed by atoms with Gasteiger partial charge in [0.25, 0.3) is 0 Å². The first-order valence-corrected chi connectivity index (χ1v) is 12.8. The summed E-state index contributed by atoms with van der Waals surface area (Å²) in [6.07, 6.45) is 1.74. The molecule has 0 bridgehead atoms. The van der Waals surface area contributed by atoms with Crippen LogP contribution in [0.5, 0.6) is 11.5 Å². The van der Waals surface area contributed by atoms with Crippen molar-refractivity contribution in [2.75, 3.05) is 20.3 Å². The number of hydrogen-bond acceptors (Lipinski definition) is 5. The van der Waals surface area contributed by atoms with Crippen LogP contribution in [0.1, 0.15) is 64.7 Å². The Labute approximate surface area is 221 Å². The van der Waals surface area contributed by atoms with Gasteiger partial charge in [-0.2, -0.15) is 0 Å². The Kier molecular flexibility index (Phi) is 10.6. The number of esters is 1. The van der Waals surface area contributed by atoms with Crippen molar-refractivity contribution in [1.29, 1.82) is 0 Å². The van der Waals surface area contributed by atoms with Crippen molar-refractivity contribution in [2.45, 2.75) is 66.3 Å². The van der Waals surface area contributed by atoms with Gasteiger partial charge in [0.1, 0.15) is 0 Å². The summed E-state index contributed by atoms with van der Waals surface area (Å²) in [5, 5.41) is 16.7. The van der Waals surface area contributed by atoms with Crippen molar-refractivity contribution in [2.24, 2.45) is 11.3 Å². The highest BCUT2D eigenvalue weighted by atomic mass is 32.1. The maximum absolute atomic E-state index is 12.3. The van der Waals surface area contributed by atoms with Gasteiger partial charge in [0.15, 0.2) is 16.6 Å².